The Bertz CT molecular complexity index is 662. The standard InChI is InChI=1S/C14H19NO8S/c1-3-10(16)15-7-11(17)20-4-5-21-12-8-6-9-14(2,22-8)13(12)23-24(9,18)19/h3,8-9,12-13H,1,4-7H2,2H3,(H,15,16). The zero-order valence-corrected chi connectivity index (χ0v) is 13.9. The van der Waals surface area contributed by atoms with Gasteiger partial charge in [-0.15, -0.1) is 0 Å². The van der Waals surface area contributed by atoms with Crippen molar-refractivity contribution in [3.05, 3.63) is 12.7 Å². The van der Waals surface area contributed by atoms with Crippen LogP contribution in [0.2, 0.25) is 0 Å². The predicted molar refractivity (Wildman–Crippen MR) is 79.4 cm³/mol. The van der Waals surface area contributed by atoms with E-state index < -0.39 is 45.1 Å². The van der Waals surface area contributed by atoms with Gasteiger partial charge in [-0.25, -0.2) is 0 Å². The van der Waals surface area contributed by atoms with Crippen LogP contribution in [0.3, 0.4) is 0 Å². The van der Waals surface area contributed by atoms with Crippen LogP contribution in [0.1, 0.15) is 13.3 Å². The fraction of sp³-hybridized carbons (Fsp3) is 0.714. The lowest BCUT2D eigenvalue weighted by Gasteiger charge is -2.26. The van der Waals surface area contributed by atoms with Gasteiger partial charge in [0.15, 0.2) is 0 Å². The largest absolute Gasteiger partial charge is 0.462 e. The van der Waals surface area contributed by atoms with Gasteiger partial charge < -0.3 is 19.5 Å². The van der Waals surface area contributed by atoms with Gasteiger partial charge in [-0.05, 0) is 19.4 Å². The number of esters is 1. The number of rotatable bonds is 7. The summed E-state index contributed by atoms with van der Waals surface area (Å²) in [5.41, 5.74) is -0.875. The lowest BCUT2D eigenvalue weighted by molar-refractivity contribution is -0.146. The van der Waals surface area contributed by atoms with Crippen LogP contribution in [0.5, 0.6) is 0 Å². The van der Waals surface area contributed by atoms with E-state index in [9.17, 15) is 18.0 Å². The Morgan fingerprint density at radius 3 is 2.88 bits per heavy atom. The summed E-state index contributed by atoms with van der Waals surface area (Å²) in [6.07, 6.45) is -0.135. The first-order chi connectivity index (χ1) is 11.3. The molecule has 0 aromatic rings. The highest BCUT2D eigenvalue weighted by atomic mass is 32.2. The third-order valence-corrected chi connectivity index (χ3v) is 6.39. The molecule has 0 spiro atoms. The Kier molecular flexibility index (Phi) is 4.41. The van der Waals surface area contributed by atoms with Gasteiger partial charge >= 0.3 is 5.97 Å². The molecule has 3 aliphatic heterocycles. The van der Waals surface area contributed by atoms with E-state index >= 15 is 0 Å². The first kappa shape index (κ1) is 17.3. The number of hydrogen-bond acceptors (Lipinski definition) is 8. The van der Waals surface area contributed by atoms with E-state index in [1.807, 2.05) is 0 Å². The van der Waals surface area contributed by atoms with Crippen molar-refractivity contribution in [2.24, 2.45) is 0 Å². The van der Waals surface area contributed by atoms with Gasteiger partial charge in [0.25, 0.3) is 10.1 Å². The highest BCUT2D eigenvalue weighted by Crippen LogP contribution is 2.54. The van der Waals surface area contributed by atoms with E-state index in [-0.39, 0.29) is 25.9 Å². The van der Waals surface area contributed by atoms with Crippen LogP contribution in [0.4, 0.5) is 0 Å². The molecule has 3 fully saturated rings. The normalized spacial score (nSPS) is 38.0. The summed E-state index contributed by atoms with van der Waals surface area (Å²) in [4.78, 5) is 22.3. The molecule has 0 radical (unpaired) electrons. The molecule has 134 valence electrons. The fourth-order valence-corrected chi connectivity index (χ4v) is 5.36. The Labute approximate surface area is 139 Å². The average molecular weight is 361 g/mol. The molecule has 3 rings (SSSR count). The molecule has 10 heteroatoms. The monoisotopic (exact) mass is 361 g/mol. The Hall–Kier alpha value is -1.49. The molecule has 3 saturated heterocycles. The van der Waals surface area contributed by atoms with Gasteiger partial charge in [-0.3, -0.25) is 13.8 Å². The van der Waals surface area contributed by atoms with Gasteiger partial charge in [0.1, 0.15) is 36.2 Å². The van der Waals surface area contributed by atoms with Crippen molar-refractivity contribution in [3.63, 3.8) is 0 Å². The molecular formula is C14H19NO8S. The summed E-state index contributed by atoms with van der Waals surface area (Å²) >= 11 is 0. The lowest BCUT2D eigenvalue weighted by Crippen LogP contribution is -2.47. The van der Waals surface area contributed by atoms with Crippen molar-refractivity contribution in [1.82, 2.24) is 5.32 Å². The van der Waals surface area contributed by atoms with E-state index in [1.165, 1.54) is 0 Å². The zero-order valence-electron chi connectivity index (χ0n) is 13.1. The molecule has 24 heavy (non-hydrogen) atoms. The first-order valence-electron chi connectivity index (χ1n) is 7.55. The van der Waals surface area contributed by atoms with Crippen molar-refractivity contribution >= 4 is 22.0 Å². The lowest BCUT2D eigenvalue weighted by atomic mass is 9.85. The number of carbonyl (C=O) groups is 2. The third kappa shape index (κ3) is 2.83. The summed E-state index contributed by atoms with van der Waals surface area (Å²) in [6.45, 7) is 4.77. The minimum atomic E-state index is -3.62. The molecule has 2 bridgehead atoms. The van der Waals surface area contributed by atoms with Gasteiger partial charge in [-0.1, -0.05) is 6.58 Å². The summed E-state index contributed by atoms with van der Waals surface area (Å²) < 4.78 is 45.3. The number of hydrogen-bond donors (Lipinski definition) is 1. The maximum absolute atomic E-state index is 11.9. The third-order valence-electron chi connectivity index (χ3n) is 4.56. The average Bonchev–Trinajstić information content (AvgIpc) is 3.03. The highest BCUT2D eigenvalue weighted by Gasteiger charge is 2.73. The zero-order chi connectivity index (χ0) is 17.5. The van der Waals surface area contributed by atoms with Crippen LogP contribution in [0.15, 0.2) is 12.7 Å². The van der Waals surface area contributed by atoms with E-state index in [1.54, 1.807) is 6.92 Å². The van der Waals surface area contributed by atoms with Crippen LogP contribution < -0.4 is 5.32 Å². The van der Waals surface area contributed by atoms with Crippen LogP contribution >= 0.6 is 0 Å². The van der Waals surface area contributed by atoms with Gasteiger partial charge in [0, 0.05) is 0 Å². The first-order valence-corrected chi connectivity index (χ1v) is 9.02. The van der Waals surface area contributed by atoms with Gasteiger partial charge in [-0.2, -0.15) is 8.42 Å². The SMILES string of the molecule is C=CC(=O)NCC(=O)OCCOC1C2CC3C(C)(O2)C1OS3(=O)=O. The quantitative estimate of drug-likeness (QED) is 0.262. The van der Waals surface area contributed by atoms with Crippen LogP contribution in [0, 0.1) is 0 Å². The number of carbonyl (C=O) groups excluding carboxylic acids is 2. The Morgan fingerprint density at radius 1 is 1.42 bits per heavy atom. The summed E-state index contributed by atoms with van der Waals surface area (Å²) in [5, 5.41) is 1.65. The number of amides is 1. The van der Waals surface area contributed by atoms with Crippen LogP contribution in [0.25, 0.3) is 0 Å². The van der Waals surface area contributed by atoms with Crippen molar-refractivity contribution < 1.29 is 36.4 Å². The second-order valence-corrected chi connectivity index (χ2v) is 7.80. The second kappa shape index (κ2) is 6.10. The van der Waals surface area contributed by atoms with E-state index in [0.717, 1.165) is 6.08 Å². The van der Waals surface area contributed by atoms with E-state index in [0.29, 0.717) is 6.42 Å². The summed E-state index contributed by atoms with van der Waals surface area (Å²) in [7, 11) is -3.62. The topological polar surface area (TPSA) is 117 Å². The predicted octanol–water partition coefficient (Wildman–Crippen LogP) is -1.12. The molecule has 1 amide bonds. The second-order valence-electron chi connectivity index (χ2n) is 6.05. The summed E-state index contributed by atoms with van der Waals surface area (Å²) in [5.74, 6) is -1.07. The molecule has 0 aromatic carbocycles. The molecule has 3 aliphatic rings. The molecular weight excluding hydrogens is 342 g/mol. The maximum atomic E-state index is 11.9. The maximum Gasteiger partial charge on any atom is 0.325 e. The van der Waals surface area contributed by atoms with Crippen molar-refractivity contribution in [2.45, 2.75) is 42.5 Å². The van der Waals surface area contributed by atoms with Gasteiger partial charge in [0.05, 0.1) is 12.7 Å². The van der Waals surface area contributed by atoms with Crippen LogP contribution in [-0.4, -0.2) is 69.2 Å². The van der Waals surface area contributed by atoms with E-state index in [2.05, 4.69) is 11.9 Å². The Morgan fingerprint density at radius 2 is 2.17 bits per heavy atom. The minimum Gasteiger partial charge on any atom is -0.462 e. The molecule has 5 atom stereocenters. The summed E-state index contributed by atoms with van der Waals surface area (Å²) in [6, 6.07) is 0. The molecule has 1 N–H and O–H groups in total. The number of nitrogens with one attached hydrogen (secondary N) is 1. The molecule has 9 nitrogen and oxygen atoms in total. The molecule has 0 aliphatic carbocycles. The van der Waals surface area contributed by atoms with Crippen molar-refractivity contribution in [2.75, 3.05) is 19.8 Å². The van der Waals surface area contributed by atoms with Crippen LogP contribution in [-0.2, 0) is 38.1 Å². The highest BCUT2D eigenvalue weighted by molar-refractivity contribution is 7.87. The molecule has 0 aromatic heterocycles. The smallest absolute Gasteiger partial charge is 0.325 e. The number of ether oxygens (including phenoxy) is 3. The Balaban J connectivity index is 1.44. The molecule has 5 unspecified atom stereocenters. The van der Waals surface area contributed by atoms with Crippen molar-refractivity contribution in [1.29, 1.82) is 0 Å². The van der Waals surface area contributed by atoms with E-state index in [4.69, 9.17) is 18.4 Å². The molecule has 3 heterocycles. The van der Waals surface area contributed by atoms with Crippen molar-refractivity contribution in [3.8, 4) is 0 Å². The molecule has 0 saturated carbocycles. The van der Waals surface area contributed by atoms with Gasteiger partial charge in [0.2, 0.25) is 5.91 Å². The fourth-order valence-electron chi connectivity index (χ4n) is 3.45. The number of fused-ring (bicyclic) bond motifs is 1. The minimum absolute atomic E-state index is 0.0222.